The van der Waals surface area contributed by atoms with Crippen LogP contribution in [0.5, 0.6) is 0 Å². The van der Waals surface area contributed by atoms with Crippen molar-refractivity contribution in [3.8, 4) is 11.1 Å². The molecular weight excluding hydrogens is 566 g/mol. The first kappa shape index (κ1) is 25.1. The van der Waals surface area contributed by atoms with Crippen molar-refractivity contribution in [1.29, 1.82) is 0 Å². The van der Waals surface area contributed by atoms with Gasteiger partial charge in [-0.1, -0.05) is 115 Å². The van der Waals surface area contributed by atoms with Crippen LogP contribution in [0.4, 0.5) is 17.1 Å². The maximum absolute atomic E-state index is 6.81. The van der Waals surface area contributed by atoms with Gasteiger partial charge in [0.05, 0.1) is 17.1 Å². The molecule has 0 unspecified atom stereocenters. The second-order valence-electron chi connectivity index (χ2n) is 11.6. The van der Waals surface area contributed by atoms with E-state index in [-0.39, 0.29) is 0 Å². The van der Waals surface area contributed by atoms with E-state index in [9.17, 15) is 0 Å². The Bertz CT molecular complexity index is 2650. The van der Waals surface area contributed by atoms with E-state index >= 15 is 0 Å². The SMILES string of the molecule is c1ccc(-c2ccc(N(c3cccc4c3oc3ccccc34)c3cccc4c3oc3ccccc34)c3oc4ccccc4c23)cc1. The van der Waals surface area contributed by atoms with Crippen molar-refractivity contribution in [1.82, 2.24) is 0 Å². The first-order valence-corrected chi connectivity index (χ1v) is 15.4. The fourth-order valence-corrected chi connectivity index (χ4v) is 7.05. The zero-order valence-corrected chi connectivity index (χ0v) is 24.6. The van der Waals surface area contributed by atoms with Crippen LogP contribution in [0.3, 0.4) is 0 Å². The van der Waals surface area contributed by atoms with Crippen LogP contribution in [0.1, 0.15) is 0 Å². The maximum atomic E-state index is 6.81. The second kappa shape index (κ2) is 9.62. The highest BCUT2D eigenvalue weighted by Gasteiger charge is 2.27. The Hall–Kier alpha value is -6.26. The van der Waals surface area contributed by atoms with Crippen molar-refractivity contribution < 1.29 is 13.3 Å². The lowest BCUT2D eigenvalue weighted by atomic mass is 9.98. The number of fused-ring (bicyclic) bond motifs is 9. The monoisotopic (exact) mass is 591 g/mol. The lowest BCUT2D eigenvalue weighted by molar-refractivity contribution is 0.663. The Morgan fingerprint density at radius 3 is 1.39 bits per heavy atom. The molecule has 0 radical (unpaired) electrons. The van der Waals surface area contributed by atoms with Crippen LogP contribution in [0.25, 0.3) is 76.9 Å². The molecule has 0 aliphatic carbocycles. The lowest BCUT2D eigenvalue weighted by Gasteiger charge is -2.26. The molecule has 0 saturated heterocycles. The van der Waals surface area contributed by atoms with Gasteiger partial charge in [0.25, 0.3) is 0 Å². The van der Waals surface area contributed by atoms with Gasteiger partial charge in [0.1, 0.15) is 16.7 Å². The average molecular weight is 592 g/mol. The molecule has 0 aliphatic rings. The van der Waals surface area contributed by atoms with Gasteiger partial charge >= 0.3 is 0 Å². The quantitative estimate of drug-likeness (QED) is 0.204. The van der Waals surface area contributed by atoms with Gasteiger partial charge in [-0.25, -0.2) is 0 Å². The maximum Gasteiger partial charge on any atom is 0.160 e. The zero-order chi connectivity index (χ0) is 30.2. The van der Waals surface area contributed by atoms with E-state index in [2.05, 4.69) is 114 Å². The van der Waals surface area contributed by atoms with Gasteiger partial charge in [-0.05, 0) is 47.5 Å². The topological polar surface area (TPSA) is 42.7 Å². The predicted octanol–water partition coefficient (Wildman–Crippen LogP) is 12.5. The number of benzene rings is 7. The van der Waals surface area contributed by atoms with E-state index in [4.69, 9.17) is 13.3 Å². The molecule has 3 heterocycles. The van der Waals surface area contributed by atoms with Crippen molar-refractivity contribution in [2.45, 2.75) is 0 Å². The molecule has 0 bridgehead atoms. The molecule has 3 aromatic heterocycles. The fraction of sp³-hybridized carbons (Fsp3) is 0. The number of para-hydroxylation sites is 5. The third-order valence-corrected chi connectivity index (χ3v) is 9.08. The summed E-state index contributed by atoms with van der Waals surface area (Å²) in [6.45, 7) is 0. The number of hydrogen-bond acceptors (Lipinski definition) is 4. The smallest absolute Gasteiger partial charge is 0.160 e. The minimum Gasteiger partial charge on any atom is -0.454 e. The van der Waals surface area contributed by atoms with Crippen LogP contribution in [0.15, 0.2) is 165 Å². The molecule has 0 amide bonds. The van der Waals surface area contributed by atoms with Crippen molar-refractivity contribution >= 4 is 82.9 Å². The normalized spacial score (nSPS) is 11.9. The number of furan rings is 3. The molecule has 0 N–H and O–H groups in total. The highest BCUT2D eigenvalue weighted by molar-refractivity contribution is 6.19. The first-order chi connectivity index (χ1) is 22.8. The van der Waals surface area contributed by atoms with E-state index in [0.29, 0.717) is 0 Å². The summed E-state index contributed by atoms with van der Waals surface area (Å²) in [6.07, 6.45) is 0. The summed E-state index contributed by atoms with van der Waals surface area (Å²) < 4.78 is 20.1. The third-order valence-electron chi connectivity index (χ3n) is 9.08. The van der Waals surface area contributed by atoms with Crippen LogP contribution in [-0.4, -0.2) is 0 Å². The van der Waals surface area contributed by atoms with Crippen molar-refractivity contribution in [3.63, 3.8) is 0 Å². The summed E-state index contributed by atoms with van der Waals surface area (Å²) >= 11 is 0. The van der Waals surface area contributed by atoms with E-state index in [1.807, 2.05) is 42.5 Å². The van der Waals surface area contributed by atoms with Crippen LogP contribution < -0.4 is 4.90 Å². The molecule has 0 spiro atoms. The molecule has 4 nitrogen and oxygen atoms in total. The Morgan fingerprint density at radius 2 is 0.783 bits per heavy atom. The third kappa shape index (κ3) is 3.55. The van der Waals surface area contributed by atoms with Crippen LogP contribution >= 0.6 is 0 Å². The van der Waals surface area contributed by atoms with Gasteiger partial charge in [0.15, 0.2) is 16.7 Å². The standard InChI is InChI=1S/C42H25NO3/c1-2-12-26(13-3-1)27-24-25-35(42-39(27)32-16-6-9-23-38(32)46-42)43(33-19-10-17-30-28-14-4-7-21-36(28)44-40(30)33)34-20-11-18-31-29-15-5-8-22-37(29)45-41(31)34/h1-25H. The number of nitrogens with zero attached hydrogens (tertiary/aromatic N) is 1. The van der Waals surface area contributed by atoms with E-state index in [1.165, 1.54) is 0 Å². The molecule has 0 fully saturated rings. The Morgan fingerprint density at radius 1 is 0.326 bits per heavy atom. The largest absolute Gasteiger partial charge is 0.454 e. The fourth-order valence-electron chi connectivity index (χ4n) is 7.05. The van der Waals surface area contributed by atoms with Gasteiger partial charge in [0.2, 0.25) is 0 Å². The van der Waals surface area contributed by atoms with Crippen molar-refractivity contribution in [2.24, 2.45) is 0 Å². The molecule has 10 rings (SSSR count). The highest BCUT2D eigenvalue weighted by Crippen LogP contribution is 2.50. The molecule has 7 aromatic carbocycles. The lowest BCUT2D eigenvalue weighted by Crippen LogP contribution is -2.11. The zero-order valence-electron chi connectivity index (χ0n) is 24.6. The summed E-state index contributed by atoms with van der Waals surface area (Å²) in [6, 6.07) is 52.2. The molecule has 46 heavy (non-hydrogen) atoms. The van der Waals surface area contributed by atoms with E-state index in [1.54, 1.807) is 0 Å². The second-order valence-corrected chi connectivity index (χ2v) is 11.6. The first-order valence-electron chi connectivity index (χ1n) is 15.4. The molecule has 4 heteroatoms. The number of anilines is 3. The van der Waals surface area contributed by atoms with Gasteiger partial charge < -0.3 is 13.3 Å². The van der Waals surface area contributed by atoms with Crippen molar-refractivity contribution in [3.05, 3.63) is 152 Å². The molecule has 0 atom stereocenters. The van der Waals surface area contributed by atoms with Gasteiger partial charge in [-0.2, -0.15) is 0 Å². The Labute approximate surface area is 263 Å². The Balaban J connectivity index is 1.36. The average Bonchev–Trinajstić information content (AvgIpc) is 3.81. The number of rotatable bonds is 4. The predicted molar refractivity (Wildman–Crippen MR) is 188 cm³/mol. The molecule has 10 aromatic rings. The summed E-state index contributed by atoms with van der Waals surface area (Å²) in [5.41, 5.74) is 9.87. The van der Waals surface area contributed by atoms with Gasteiger partial charge in [-0.3, -0.25) is 4.90 Å². The van der Waals surface area contributed by atoms with Crippen LogP contribution in [0, 0.1) is 0 Å². The Kier molecular flexibility index (Phi) is 5.25. The summed E-state index contributed by atoms with van der Waals surface area (Å²) in [5.74, 6) is 0. The van der Waals surface area contributed by atoms with E-state index < -0.39 is 0 Å². The van der Waals surface area contributed by atoms with Gasteiger partial charge in [0, 0.05) is 32.3 Å². The molecule has 216 valence electrons. The van der Waals surface area contributed by atoms with Crippen LogP contribution in [0.2, 0.25) is 0 Å². The molecule has 0 aliphatic heterocycles. The van der Waals surface area contributed by atoms with Crippen molar-refractivity contribution in [2.75, 3.05) is 4.90 Å². The minimum absolute atomic E-state index is 0.795. The van der Waals surface area contributed by atoms with Gasteiger partial charge in [-0.15, -0.1) is 0 Å². The minimum atomic E-state index is 0.795. The molecular formula is C42H25NO3. The highest BCUT2D eigenvalue weighted by atomic mass is 16.3. The summed E-state index contributed by atoms with van der Waals surface area (Å²) in [4.78, 5) is 2.24. The summed E-state index contributed by atoms with van der Waals surface area (Å²) in [7, 11) is 0. The summed E-state index contributed by atoms with van der Waals surface area (Å²) in [5, 5.41) is 6.40. The number of hydrogen-bond donors (Lipinski definition) is 0. The molecule has 0 saturated carbocycles. The van der Waals surface area contributed by atoms with Crippen LogP contribution in [-0.2, 0) is 0 Å². The van der Waals surface area contributed by atoms with E-state index in [0.717, 1.165) is 94.0 Å².